The van der Waals surface area contributed by atoms with Gasteiger partial charge in [-0.3, -0.25) is 0 Å². The highest BCUT2D eigenvalue weighted by molar-refractivity contribution is 5.73. The Morgan fingerprint density at radius 1 is 1.82 bits per heavy atom. The second kappa shape index (κ2) is 2.70. The van der Waals surface area contributed by atoms with Gasteiger partial charge in [-0.25, -0.2) is 4.99 Å². The van der Waals surface area contributed by atoms with Crippen LogP contribution in [0.2, 0.25) is 0 Å². The molecule has 0 fully saturated rings. The SMILES string of the molecule is COC(C)C1(C)COC(N)=N1. The lowest BCUT2D eigenvalue weighted by Crippen LogP contribution is -2.38. The van der Waals surface area contributed by atoms with E-state index in [1.807, 2.05) is 13.8 Å². The minimum Gasteiger partial charge on any atom is -0.463 e. The molecule has 11 heavy (non-hydrogen) atoms. The number of nitrogens with two attached hydrogens (primary N) is 1. The molecule has 1 rings (SSSR count). The predicted octanol–water partition coefficient (Wildman–Crippen LogP) is 0.125. The second-order valence-electron chi connectivity index (χ2n) is 2.97. The van der Waals surface area contributed by atoms with Crippen LogP contribution in [0.4, 0.5) is 0 Å². The van der Waals surface area contributed by atoms with Crippen molar-refractivity contribution in [2.75, 3.05) is 13.7 Å². The van der Waals surface area contributed by atoms with Gasteiger partial charge in [0.2, 0.25) is 0 Å². The lowest BCUT2D eigenvalue weighted by Gasteiger charge is -2.24. The zero-order valence-electron chi connectivity index (χ0n) is 7.13. The molecule has 0 spiro atoms. The van der Waals surface area contributed by atoms with Crippen molar-refractivity contribution in [3.8, 4) is 0 Å². The van der Waals surface area contributed by atoms with Crippen molar-refractivity contribution in [2.45, 2.75) is 25.5 Å². The molecule has 0 amide bonds. The van der Waals surface area contributed by atoms with Crippen molar-refractivity contribution in [1.82, 2.24) is 0 Å². The number of ether oxygens (including phenoxy) is 2. The van der Waals surface area contributed by atoms with Crippen LogP contribution in [0.25, 0.3) is 0 Å². The molecule has 2 atom stereocenters. The number of aliphatic imine (C=N–C) groups is 1. The first-order chi connectivity index (χ1) is 5.08. The van der Waals surface area contributed by atoms with Gasteiger partial charge in [0.05, 0.1) is 6.10 Å². The maximum Gasteiger partial charge on any atom is 0.282 e. The number of amidine groups is 1. The fourth-order valence-corrected chi connectivity index (χ4v) is 0.998. The van der Waals surface area contributed by atoms with Gasteiger partial charge in [-0.1, -0.05) is 0 Å². The van der Waals surface area contributed by atoms with E-state index < -0.39 is 0 Å². The first-order valence-corrected chi connectivity index (χ1v) is 3.59. The highest BCUT2D eigenvalue weighted by Gasteiger charge is 2.36. The van der Waals surface area contributed by atoms with Crippen molar-refractivity contribution in [1.29, 1.82) is 0 Å². The standard InChI is InChI=1S/C7H14N2O2/c1-5(10-3)7(2)4-11-6(8)9-7/h5H,4H2,1-3H3,(H2,8,9). The molecular weight excluding hydrogens is 144 g/mol. The molecule has 1 aliphatic heterocycles. The number of rotatable bonds is 2. The fourth-order valence-electron chi connectivity index (χ4n) is 0.998. The topological polar surface area (TPSA) is 56.8 Å². The molecule has 0 aromatic rings. The van der Waals surface area contributed by atoms with Crippen molar-refractivity contribution >= 4 is 6.02 Å². The molecule has 0 aromatic carbocycles. The largest absolute Gasteiger partial charge is 0.463 e. The van der Waals surface area contributed by atoms with Crippen molar-refractivity contribution in [3.63, 3.8) is 0 Å². The zero-order valence-corrected chi connectivity index (χ0v) is 7.13. The van der Waals surface area contributed by atoms with E-state index in [1.54, 1.807) is 7.11 Å². The van der Waals surface area contributed by atoms with Gasteiger partial charge >= 0.3 is 0 Å². The summed E-state index contributed by atoms with van der Waals surface area (Å²) in [6, 6.07) is 0.261. The summed E-state index contributed by atoms with van der Waals surface area (Å²) in [5.74, 6) is 0. The summed E-state index contributed by atoms with van der Waals surface area (Å²) in [5.41, 5.74) is 5.07. The van der Waals surface area contributed by atoms with Gasteiger partial charge in [-0.05, 0) is 13.8 Å². The molecule has 0 aromatic heterocycles. The van der Waals surface area contributed by atoms with Crippen LogP contribution in [0.15, 0.2) is 4.99 Å². The molecule has 2 unspecified atom stereocenters. The molecule has 0 bridgehead atoms. The third kappa shape index (κ3) is 1.45. The number of methoxy groups -OCH3 is 1. The second-order valence-corrected chi connectivity index (χ2v) is 2.97. The molecule has 1 heterocycles. The summed E-state index contributed by atoms with van der Waals surface area (Å²) >= 11 is 0. The van der Waals surface area contributed by atoms with Crippen LogP contribution in [0, 0.1) is 0 Å². The summed E-state index contributed by atoms with van der Waals surface area (Å²) < 4.78 is 10.2. The van der Waals surface area contributed by atoms with Crippen LogP contribution in [0.3, 0.4) is 0 Å². The molecule has 1 aliphatic rings. The summed E-state index contributed by atoms with van der Waals surface area (Å²) in [7, 11) is 1.65. The summed E-state index contributed by atoms with van der Waals surface area (Å²) in [6.07, 6.45) is 0.0311. The van der Waals surface area contributed by atoms with E-state index in [2.05, 4.69) is 4.99 Å². The number of hydrogen-bond acceptors (Lipinski definition) is 4. The minimum absolute atomic E-state index is 0.0311. The Morgan fingerprint density at radius 3 is 2.82 bits per heavy atom. The average Bonchev–Trinajstić information content (AvgIpc) is 2.31. The molecule has 0 saturated heterocycles. The van der Waals surface area contributed by atoms with E-state index in [9.17, 15) is 0 Å². The average molecular weight is 158 g/mol. The van der Waals surface area contributed by atoms with Crippen molar-refractivity contribution in [3.05, 3.63) is 0 Å². The van der Waals surface area contributed by atoms with Crippen molar-refractivity contribution < 1.29 is 9.47 Å². The molecule has 64 valence electrons. The lowest BCUT2D eigenvalue weighted by molar-refractivity contribution is 0.0453. The summed E-state index contributed by atoms with van der Waals surface area (Å²) in [6.45, 7) is 4.42. The monoisotopic (exact) mass is 158 g/mol. The van der Waals surface area contributed by atoms with Gasteiger partial charge in [0.25, 0.3) is 6.02 Å². The number of hydrogen-bond donors (Lipinski definition) is 1. The first kappa shape index (κ1) is 8.33. The predicted molar refractivity (Wildman–Crippen MR) is 42.5 cm³/mol. The van der Waals surface area contributed by atoms with Crippen LogP contribution in [0.1, 0.15) is 13.8 Å². The lowest BCUT2D eigenvalue weighted by atomic mass is 9.99. The number of nitrogens with zero attached hydrogens (tertiary/aromatic N) is 1. The Labute approximate surface area is 66.4 Å². The van der Waals surface area contributed by atoms with Gasteiger partial charge < -0.3 is 15.2 Å². The molecule has 0 aliphatic carbocycles. The Morgan fingerprint density at radius 2 is 2.45 bits per heavy atom. The summed E-state index contributed by atoms with van der Waals surface area (Å²) in [4.78, 5) is 4.14. The quantitative estimate of drug-likeness (QED) is 0.621. The van der Waals surface area contributed by atoms with Crippen LogP contribution < -0.4 is 5.73 Å². The van der Waals surface area contributed by atoms with E-state index in [0.717, 1.165) is 0 Å². The van der Waals surface area contributed by atoms with Gasteiger partial charge in [-0.15, -0.1) is 0 Å². The Kier molecular flexibility index (Phi) is 2.04. The van der Waals surface area contributed by atoms with E-state index in [1.165, 1.54) is 0 Å². The third-order valence-corrected chi connectivity index (χ3v) is 2.11. The van der Waals surface area contributed by atoms with Gasteiger partial charge in [0.15, 0.2) is 0 Å². The Hall–Kier alpha value is -0.770. The van der Waals surface area contributed by atoms with Gasteiger partial charge in [0, 0.05) is 7.11 Å². The fraction of sp³-hybridized carbons (Fsp3) is 0.857. The normalized spacial score (nSPS) is 32.8. The Bertz CT molecular complexity index is 181. The van der Waals surface area contributed by atoms with Crippen LogP contribution in [-0.4, -0.2) is 31.4 Å². The molecule has 0 saturated carbocycles. The molecule has 0 radical (unpaired) electrons. The maximum atomic E-state index is 5.38. The smallest absolute Gasteiger partial charge is 0.282 e. The molecule has 2 N–H and O–H groups in total. The van der Waals surface area contributed by atoms with Crippen LogP contribution in [0.5, 0.6) is 0 Å². The highest BCUT2D eigenvalue weighted by Crippen LogP contribution is 2.22. The minimum atomic E-state index is -0.307. The van der Waals surface area contributed by atoms with E-state index >= 15 is 0 Å². The molecule has 4 nitrogen and oxygen atoms in total. The van der Waals surface area contributed by atoms with Gasteiger partial charge in [0.1, 0.15) is 12.1 Å². The van der Waals surface area contributed by atoms with E-state index in [-0.39, 0.29) is 17.7 Å². The van der Waals surface area contributed by atoms with Crippen molar-refractivity contribution in [2.24, 2.45) is 10.7 Å². The molecule has 4 heteroatoms. The van der Waals surface area contributed by atoms with Gasteiger partial charge in [-0.2, -0.15) is 0 Å². The van der Waals surface area contributed by atoms with Crippen LogP contribution in [-0.2, 0) is 9.47 Å². The van der Waals surface area contributed by atoms with E-state index in [0.29, 0.717) is 6.61 Å². The third-order valence-electron chi connectivity index (χ3n) is 2.11. The maximum absolute atomic E-state index is 5.38. The first-order valence-electron chi connectivity index (χ1n) is 3.59. The highest BCUT2D eigenvalue weighted by atomic mass is 16.5. The molecular formula is C7H14N2O2. The zero-order chi connectivity index (χ0) is 8.48. The Balaban J connectivity index is 2.68. The van der Waals surface area contributed by atoms with E-state index in [4.69, 9.17) is 15.2 Å². The van der Waals surface area contributed by atoms with Crippen LogP contribution >= 0.6 is 0 Å². The summed E-state index contributed by atoms with van der Waals surface area (Å²) in [5, 5.41) is 0.